The van der Waals surface area contributed by atoms with Crippen LogP contribution < -0.4 is 9.47 Å². The van der Waals surface area contributed by atoms with Crippen molar-refractivity contribution in [3.8, 4) is 11.5 Å². The van der Waals surface area contributed by atoms with Crippen LogP contribution in [0, 0.1) is 0 Å². The molecule has 0 amide bonds. The molecule has 0 bridgehead atoms. The molecule has 0 aromatic heterocycles. The molecule has 0 spiro atoms. The number of carbonyl (C=O) groups is 2. The van der Waals surface area contributed by atoms with E-state index in [1.165, 1.54) is 26.4 Å². The number of methoxy groups -OCH3 is 2. The fraction of sp³-hybridized carbons (Fsp3) is 0.222. The van der Waals surface area contributed by atoms with Crippen LogP contribution in [-0.4, -0.2) is 38.1 Å². The van der Waals surface area contributed by atoms with E-state index < -0.39 is 0 Å². The fourth-order valence-corrected chi connectivity index (χ4v) is 3.43. The van der Waals surface area contributed by atoms with Gasteiger partial charge >= 0.3 is 0 Å². The van der Waals surface area contributed by atoms with Crippen molar-refractivity contribution in [3.63, 3.8) is 0 Å². The fourth-order valence-electron chi connectivity index (χ4n) is 3.43. The summed E-state index contributed by atoms with van der Waals surface area (Å²) >= 11 is 0. The first kappa shape index (κ1) is 23.7. The van der Waals surface area contributed by atoms with Crippen LogP contribution in [0.1, 0.15) is 52.1 Å². The molecule has 0 saturated carbocycles. The Labute approximate surface area is 193 Å². The molecule has 33 heavy (non-hydrogen) atoms. The van der Waals surface area contributed by atoms with Crippen molar-refractivity contribution in [2.24, 2.45) is 5.16 Å². The lowest BCUT2D eigenvalue weighted by molar-refractivity contribution is 0.0989. The molecule has 6 nitrogen and oxygen atoms in total. The molecule has 0 N–H and O–H groups in total. The minimum Gasteiger partial charge on any atom is -0.496 e. The number of carbonyl (C=O) groups excluding carboxylic acids is 2. The Bertz CT molecular complexity index is 1150. The number of nitrogens with zero attached hydrogens (tertiary/aromatic N) is 1. The number of ether oxygens (including phenoxy) is 2. The van der Waals surface area contributed by atoms with E-state index in [4.69, 9.17) is 14.3 Å². The number of rotatable bonds is 9. The summed E-state index contributed by atoms with van der Waals surface area (Å²) in [4.78, 5) is 30.8. The highest BCUT2D eigenvalue weighted by atomic mass is 16.6. The Balaban J connectivity index is 2.00. The zero-order valence-corrected chi connectivity index (χ0v) is 19.3. The monoisotopic (exact) mass is 445 g/mol. The summed E-state index contributed by atoms with van der Waals surface area (Å²) in [6, 6.07) is 11.6. The Morgan fingerprint density at radius 2 is 1.67 bits per heavy atom. The Hall–Kier alpha value is -3.93. The quantitative estimate of drug-likeness (QED) is 0.223. The molecule has 1 aliphatic carbocycles. The van der Waals surface area contributed by atoms with Crippen LogP contribution in [0.4, 0.5) is 0 Å². The van der Waals surface area contributed by atoms with Gasteiger partial charge in [0.2, 0.25) is 0 Å². The molecule has 0 atom stereocenters. The van der Waals surface area contributed by atoms with Crippen LogP contribution >= 0.6 is 0 Å². The van der Waals surface area contributed by atoms with Crippen molar-refractivity contribution >= 4 is 23.4 Å². The molecule has 0 unspecified atom stereocenters. The molecule has 0 heterocycles. The normalized spacial score (nSPS) is 13.2. The maximum Gasteiger partial charge on any atom is 0.190 e. The molecule has 0 radical (unpaired) electrons. The van der Waals surface area contributed by atoms with Gasteiger partial charge in [0.15, 0.2) is 11.6 Å². The smallest absolute Gasteiger partial charge is 0.190 e. The van der Waals surface area contributed by atoms with Crippen LogP contribution in [0.5, 0.6) is 11.5 Å². The van der Waals surface area contributed by atoms with Crippen LogP contribution in [0.25, 0.3) is 6.08 Å². The van der Waals surface area contributed by atoms with Gasteiger partial charge in [0.25, 0.3) is 0 Å². The van der Waals surface area contributed by atoms with Gasteiger partial charge in [-0.1, -0.05) is 53.2 Å². The molecular weight excluding hydrogens is 418 g/mol. The third-order valence-electron chi connectivity index (χ3n) is 5.02. The molecule has 6 heteroatoms. The Kier molecular flexibility index (Phi) is 7.97. The van der Waals surface area contributed by atoms with Gasteiger partial charge in [-0.2, -0.15) is 0 Å². The lowest BCUT2D eigenvalue weighted by Crippen LogP contribution is -2.17. The third-order valence-corrected chi connectivity index (χ3v) is 5.02. The number of fused-ring (bicyclic) bond motifs is 1. The van der Waals surface area contributed by atoms with Crippen LogP contribution in [0.15, 0.2) is 71.4 Å². The van der Waals surface area contributed by atoms with E-state index in [0.717, 1.165) is 11.1 Å². The van der Waals surface area contributed by atoms with Gasteiger partial charge < -0.3 is 14.3 Å². The molecule has 2 aromatic rings. The Morgan fingerprint density at radius 3 is 2.30 bits per heavy atom. The predicted molar refractivity (Wildman–Crippen MR) is 129 cm³/mol. The number of oxime groups is 1. The van der Waals surface area contributed by atoms with E-state index in [2.05, 4.69) is 5.16 Å². The van der Waals surface area contributed by atoms with Crippen molar-refractivity contribution in [1.82, 2.24) is 0 Å². The predicted octanol–water partition coefficient (Wildman–Crippen LogP) is 5.43. The van der Waals surface area contributed by atoms with E-state index in [0.29, 0.717) is 17.7 Å². The molecule has 170 valence electrons. The van der Waals surface area contributed by atoms with Gasteiger partial charge in [0.1, 0.15) is 18.1 Å². The van der Waals surface area contributed by atoms with Crippen molar-refractivity contribution < 1.29 is 23.9 Å². The Morgan fingerprint density at radius 1 is 0.970 bits per heavy atom. The van der Waals surface area contributed by atoms with Gasteiger partial charge in [-0.3, -0.25) is 9.59 Å². The summed E-state index contributed by atoms with van der Waals surface area (Å²) in [6.45, 7) is 4.23. The number of hydrogen-bond donors (Lipinski definition) is 0. The van der Waals surface area contributed by atoms with E-state index in [9.17, 15) is 9.59 Å². The summed E-state index contributed by atoms with van der Waals surface area (Å²) < 4.78 is 11.1. The highest BCUT2D eigenvalue weighted by molar-refractivity contribution is 6.25. The SMILES string of the molecule is COc1cc(C(CC=C(C)C)=NOCC=Cc2ccccc2)c(OC)c2c1C(=O)C=CC2=O. The largest absolute Gasteiger partial charge is 0.496 e. The lowest BCUT2D eigenvalue weighted by Gasteiger charge is -2.20. The summed E-state index contributed by atoms with van der Waals surface area (Å²) in [5, 5.41) is 4.35. The minimum absolute atomic E-state index is 0.174. The van der Waals surface area contributed by atoms with Crippen molar-refractivity contribution in [2.45, 2.75) is 20.3 Å². The van der Waals surface area contributed by atoms with E-state index >= 15 is 0 Å². The van der Waals surface area contributed by atoms with Gasteiger partial charge in [-0.15, -0.1) is 0 Å². The van der Waals surface area contributed by atoms with Crippen molar-refractivity contribution in [1.29, 1.82) is 0 Å². The third kappa shape index (κ3) is 5.66. The van der Waals surface area contributed by atoms with Crippen molar-refractivity contribution in [2.75, 3.05) is 20.8 Å². The van der Waals surface area contributed by atoms with Crippen LogP contribution in [-0.2, 0) is 4.84 Å². The maximum atomic E-state index is 12.7. The first-order valence-electron chi connectivity index (χ1n) is 10.6. The molecule has 1 aliphatic rings. The number of allylic oxidation sites excluding steroid dienone is 4. The molecule has 0 saturated heterocycles. The lowest BCUT2D eigenvalue weighted by atomic mass is 9.89. The summed E-state index contributed by atoms with van der Waals surface area (Å²) in [5.74, 6) is -0.0681. The van der Waals surface area contributed by atoms with Gasteiger partial charge in [-0.05, 0) is 43.7 Å². The van der Waals surface area contributed by atoms with Crippen molar-refractivity contribution in [3.05, 3.63) is 88.5 Å². The average Bonchev–Trinajstić information content (AvgIpc) is 2.82. The number of benzene rings is 2. The van der Waals surface area contributed by atoms with E-state index in [-0.39, 0.29) is 40.8 Å². The summed E-state index contributed by atoms with van der Waals surface area (Å²) in [7, 11) is 2.92. The second-order valence-corrected chi connectivity index (χ2v) is 7.60. The topological polar surface area (TPSA) is 74.2 Å². The summed E-state index contributed by atoms with van der Waals surface area (Å²) in [6.07, 6.45) is 8.75. The molecule has 2 aromatic carbocycles. The first-order valence-corrected chi connectivity index (χ1v) is 10.6. The zero-order chi connectivity index (χ0) is 23.8. The highest BCUT2D eigenvalue weighted by Crippen LogP contribution is 2.38. The minimum atomic E-state index is -0.324. The highest BCUT2D eigenvalue weighted by Gasteiger charge is 2.31. The van der Waals surface area contributed by atoms with E-state index in [1.807, 2.05) is 62.4 Å². The second kappa shape index (κ2) is 11.1. The zero-order valence-electron chi connectivity index (χ0n) is 19.3. The number of hydrogen-bond acceptors (Lipinski definition) is 6. The van der Waals surface area contributed by atoms with Gasteiger partial charge in [0.05, 0.1) is 31.1 Å². The maximum absolute atomic E-state index is 12.7. The average molecular weight is 446 g/mol. The second-order valence-electron chi connectivity index (χ2n) is 7.60. The standard InChI is InChI=1S/C27H27NO5/c1-18(2)12-13-21(28-33-16-8-11-19-9-6-5-7-10-19)20-17-24(31-3)25-22(29)14-15-23(30)26(25)27(20)32-4/h5-12,14-15,17H,13,16H2,1-4H3. The molecular formula is C27H27NO5. The van der Waals surface area contributed by atoms with Gasteiger partial charge in [0, 0.05) is 12.0 Å². The first-order chi connectivity index (χ1) is 16.0. The van der Waals surface area contributed by atoms with Gasteiger partial charge in [-0.25, -0.2) is 0 Å². The van der Waals surface area contributed by atoms with E-state index in [1.54, 1.807) is 6.07 Å². The molecule has 0 aliphatic heterocycles. The van der Waals surface area contributed by atoms with Crippen LogP contribution in [0.2, 0.25) is 0 Å². The summed E-state index contributed by atoms with van der Waals surface area (Å²) in [5.41, 5.74) is 3.62. The molecule has 3 rings (SSSR count). The number of ketones is 2. The van der Waals surface area contributed by atoms with Crippen LogP contribution in [0.3, 0.4) is 0 Å². The molecule has 0 fully saturated rings.